The van der Waals surface area contributed by atoms with E-state index in [1.807, 2.05) is 6.92 Å². The SMILES string of the molecule is CCCCC(CCC(=O)NNC(=O)c1ccccc1Cl)C(=O)O. The molecule has 23 heavy (non-hydrogen) atoms. The zero-order chi connectivity index (χ0) is 17.2. The average molecular weight is 341 g/mol. The van der Waals surface area contributed by atoms with Crippen molar-refractivity contribution in [1.82, 2.24) is 10.9 Å². The minimum Gasteiger partial charge on any atom is -0.481 e. The Kier molecular flexibility index (Phi) is 8.11. The monoisotopic (exact) mass is 340 g/mol. The van der Waals surface area contributed by atoms with Crippen molar-refractivity contribution >= 4 is 29.4 Å². The lowest BCUT2D eigenvalue weighted by molar-refractivity contribution is -0.142. The number of nitrogens with one attached hydrogen (secondary N) is 2. The van der Waals surface area contributed by atoms with Crippen LogP contribution in [-0.2, 0) is 9.59 Å². The molecule has 0 aliphatic carbocycles. The van der Waals surface area contributed by atoms with Gasteiger partial charge in [0.25, 0.3) is 5.91 Å². The second-order valence-electron chi connectivity index (χ2n) is 5.20. The van der Waals surface area contributed by atoms with Crippen LogP contribution < -0.4 is 10.9 Å². The Bertz CT molecular complexity index is 563. The van der Waals surface area contributed by atoms with Gasteiger partial charge in [-0.15, -0.1) is 0 Å². The predicted octanol–water partition coefficient (Wildman–Crippen LogP) is 2.77. The minimum atomic E-state index is -0.897. The summed E-state index contributed by atoms with van der Waals surface area (Å²) >= 11 is 5.88. The van der Waals surface area contributed by atoms with Gasteiger partial charge in [-0.3, -0.25) is 25.2 Å². The van der Waals surface area contributed by atoms with Crippen LogP contribution in [0.1, 0.15) is 49.4 Å². The molecule has 0 aliphatic rings. The van der Waals surface area contributed by atoms with Crippen LogP contribution in [0.5, 0.6) is 0 Å². The summed E-state index contributed by atoms with van der Waals surface area (Å²) < 4.78 is 0. The molecule has 126 valence electrons. The van der Waals surface area contributed by atoms with Crippen LogP contribution in [0, 0.1) is 5.92 Å². The van der Waals surface area contributed by atoms with Crippen molar-refractivity contribution in [2.45, 2.75) is 39.0 Å². The van der Waals surface area contributed by atoms with E-state index in [1.54, 1.807) is 18.2 Å². The van der Waals surface area contributed by atoms with Crippen LogP contribution in [0.2, 0.25) is 5.02 Å². The van der Waals surface area contributed by atoms with Crippen molar-refractivity contribution in [3.05, 3.63) is 34.9 Å². The summed E-state index contributed by atoms with van der Waals surface area (Å²) in [4.78, 5) is 34.7. The van der Waals surface area contributed by atoms with Gasteiger partial charge >= 0.3 is 5.97 Å². The highest BCUT2D eigenvalue weighted by molar-refractivity contribution is 6.33. The molecule has 0 saturated heterocycles. The van der Waals surface area contributed by atoms with Gasteiger partial charge in [-0.05, 0) is 25.0 Å². The maximum atomic E-state index is 11.9. The normalized spacial score (nSPS) is 11.6. The first-order valence-electron chi connectivity index (χ1n) is 7.52. The Labute approximate surface area is 140 Å². The fraction of sp³-hybridized carbons (Fsp3) is 0.438. The molecule has 1 unspecified atom stereocenters. The third-order valence-electron chi connectivity index (χ3n) is 3.41. The molecule has 0 aromatic heterocycles. The highest BCUT2D eigenvalue weighted by Gasteiger charge is 2.18. The highest BCUT2D eigenvalue weighted by Crippen LogP contribution is 2.15. The Hall–Kier alpha value is -2.08. The molecule has 6 nitrogen and oxygen atoms in total. The van der Waals surface area contributed by atoms with Gasteiger partial charge in [0, 0.05) is 6.42 Å². The predicted molar refractivity (Wildman–Crippen MR) is 86.9 cm³/mol. The molecule has 1 aromatic rings. The summed E-state index contributed by atoms with van der Waals surface area (Å²) in [6.45, 7) is 1.98. The molecule has 3 N–H and O–H groups in total. The van der Waals surface area contributed by atoms with Crippen LogP contribution in [0.25, 0.3) is 0 Å². The van der Waals surface area contributed by atoms with Gasteiger partial charge in [-0.1, -0.05) is 43.5 Å². The van der Waals surface area contributed by atoms with Gasteiger partial charge in [0.15, 0.2) is 0 Å². The number of benzene rings is 1. The summed E-state index contributed by atoms with van der Waals surface area (Å²) in [5.41, 5.74) is 4.78. The molecule has 1 rings (SSSR count). The van der Waals surface area contributed by atoms with Gasteiger partial charge < -0.3 is 5.11 Å². The Morgan fingerprint density at radius 2 is 1.87 bits per heavy atom. The fourth-order valence-corrected chi connectivity index (χ4v) is 2.27. The Morgan fingerprint density at radius 3 is 2.48 bits per heavy atom. The first-order chi connectivity index (χ1) is 11.0. The Morgan fingerprint density at radius 1 is 1.17 bits per heavy atom. The maximum Gasteiger partial charge on any atom is 0.306 e. The molecule has 2 amide bonds. The topological polar surface area (TPSA) is 95.5 Å². The van der Waals surface area contributed by atoms with Gasteiger partial charge in [-0.25, -0.2) is 0 Å². The second kappa shape index (κ2) is 9.84. The van der Waals surface area contributed by atoms with Gasteiger partial charge in [0.2, 0.25) is 5.91 Å². The van der Waals surface area contributed by atoms with Crippen molar-refractivity contribution in [2.24, 2.45) is 5.92 Å². The number of halogens is 1. The lowest BCUT2D eigenvalue weighted by atomic mass is 9.97. The number of aliphatic carboxylic acids is 1. The van der Waals surface area contributed by atoms with Gasteiger partial charge in [0.05, 0.1) is 16.5 Å². The van der Waals surface area contributed by atoms with E-state index in [-0.39, 0.29) is 23.4 Å². The molecule has 7 heteroatoms. The molecule has 0 aliphatic heterocycles. The summed E-state index contributed by atoms with van der Waals surface area (Å²) in [5.74, 6) is -2.40. The summed E-state index contributed by atoms with van der Waals surface area (Å²) in [5, 5.41) is 9.38. The molecule has 0 bridgehead atoms. The molecule has 0 radical (unpaired) electrons. The fourth-order valence-electron chi connectivity index (χ4n) is 2.05. The number of amides is 2. The van der Waals surface area contributed by atoms with E-state index in [4.69, 9.17) is 16.7 Å². The van der Waals surface area contributed by atoms with Crippen molar-refractivity contribution in [1.29, 1.82) is 0 Å². The zero-order valence-corrected chi connectivity index (χ0v) is 13.7. The summed E-state index contributed by atoms with van der Waals surface area (Å²) in [6, 6.07) is 6.46. The Balaban J connectivity index is 2.40. The van der Waals surface area contributed by atoms with Crippen LogP contribution in [0.3, 0.4) is 0 Å². The van der Waals surface area contributed by atoms with E-state index >= 15 is 0 Å². The highest BCUT2D eigenvalue weighted by atomic mass is 35.5. The van der Waals surface area contributed by atoms with E-state index in [2.05, 4.69) is 10.9 Å². The van der Waals surface area contributed by atoms with Crippen LogP contribution in [0.4, 0.5) is 0 Å². The molecule has 1 aromatic carbocycles. The number of hydrogen-bond donors (Lipinski definition) is 3. The van der Waals surface area contributed by atoms with E-state index in [1.165, 1.54) is 6.07 Å². The van der Waals surface area contributed by atoms with Gasteiger partial charge in [-0.2, -0.15) is 0 Å². The molecular weight excluding hydrogens is 320 g/mol. The summed E-state index contributed by atoms with van der Waals surface area (Å²) in [6.07, 6.45) is 2.53. The number of carboxylic acids is 1. The minimum absolute atomic E-state index is 0.0312. The van der Waals surface area contributed by atoms with Crippen molar-refractivity contribution in [3.8, 4) is 0 Å². The molecule has 0 saturated carbocycles. The van der Waals surface area contributed by atoms with E-state index < -0.39 is 23.7 Å². The molecule has 1 atom stereocenters. The maximum absolute atomic E-state index is 11.9. The number of carbonyl (C=O) groups excluding carboxylic acids is 2. The lowest BCUT2D eigenvalue weighted by Crippen LogP contribution is -2.41. The number of rotatable bonds is 8. The van der Waals surface area contributed by atoms with E-state index in [9.17, 15) is 14.4 Å². The molecular formula is C16H21ClN2O4. The quantitative estimate of drug-likeness (QED) is 0.634. The van der Waals surface area contributed by atoms with Crippen molar-refractivity contribution in [2.75, 3.05) is 0 Å². The van der Waals surface area contributed by atoms with E-state index in [0.29, 0.717) is 6.42 Å². The first-order valence-corrected chi connectivity index (χ1v) is 7.90. The third kappa shape index (κ3) is 6.69. The molecule has 0 spiro atoms. The number of hydrogen-bond acceptors (Lipinski definition) is 3. The molecule has 0 fully saturated rings. The third-order valence-corrected chi connectivity index (χ3v) is 3.74. The number of carbonyl (C=O) groups is 3. The van der Waals surface area contributed by atoms with Gasteiger partial charge in [0.1, 0.15) is 0 Å². The summed E-state index contributed by atoms with van der Waals surface area (Å²) in [7, 11) is 0. The number of hydrazine groups is 1. The van der Waals surface area contributed by atoms with E-state index in [0.717, 1.165) is 12.8 Å². The number of unbranched alkanes of at least 4 members (excludes halogenated alkanes) is 1. The smallest absolute Gasteiger partial charge is 0.306 e. The van der Waals surface area contributed by atoms with Crippen LogP contribution in [0.15, 0.2) is 24.3 Å². The zero-order valence-electron chi connectivity index (χ0n) is 13.0. The van der Waals surface area contributed by atoms with Crippen LogP contribution in [-0.4, -0.2) is 22.9 Å². The molecule has 0 heterocycles. The first kappa shape index (κ1) is 19.0. The average Bonchev–Trinajstić information content (AvgIpc) is 2.52. The standard InChI is InChI=1S/C16H21ClN2O4/c1-2-3-6-11(16(22)23)9-10-14(20)18-19-15(21)12-7-4-5-8-13(12)17/h4-5,7-8,11H,2-3,6,9-10H2,1H3,(H,18,20)(H,19,21)(H,22,23). The van der Waals surface area contributed by atoms with Crippen LogP contribution >= 0.6 is 11.6 Å². The second-order valence-corrected chi connectivity index (χ2v) is 5.61. The lowest BCUT2D eigenvalue weighted by Gasteiger charge is -2.12. The van der Waals surface area contributed by atoms with Crippen molar-refractivity contribution < 1.29 is 19.5 Å². The largest absolute Gasteiger partial charge is 0.481 e. The number of carboxylic acid groups (broad SMARTS) is 1. The van der Waals surface area contributed by atoms with Crippen molar-refractivity contribution in [3.63, 3.8) is 0 Å².